The van der Waals surface area contributed by atoms with E-state index in [9.17, 15) is 4.79 Å². The van der Waals surface area contributed by atoms with Gasteiger partial charge in [-0.25, -0.2) is 0 Å². The lowest BCUT2D eigenvalue weighted by atomic mass is 10.1. The van der Waals surface area contributed by atoms with E-state index in [0.717, 1.165) is 45.1 Å². The molecular formula is C17H26N2O3. The van der Waals surface area contributed by atoms with Crippen molar-refractivity contribution < 1.29 is 14.3 Å². The minimum Gasteiger partial charge on any atom is -0.497 e. The zero-order chi connectivity index (χ0) is 15.9. The molecule has 1 aliphatic rings. The molecule has 0 spiro atoms. The molecule has 1 heterocycles. The highest BCUT2D eigenvalue weighted by atomic mass is 16.5. The smallest absolute Gasteiger partial charge is 0.254 e. The molecule has 0 bridgehead atoms. The molecule has 0 N–H and O–H groups in total. The van der Waals surface area contributed by atoms with Crippen LogP contribution in [-0.2, 0) is 4.74 Å². The number of piperazine rings is 1. The molecule has 0 unspecified atom stereocenters. The first kappa shape index (κ1) is 16.8. The second kappa shape index (κ2) is 8.15. The van der Waals surface area contributed by atoms with E-state index in [1.807, 2.05) is 36.9 Å². The van der Waals surface area contributed by atoms with E-state index in [4.69, 9.17) is 9.47 Å². The number of methoxy groups -OCH3 is 1. The molecule has 5 nitrogen and oxygen atoms in total. The van der Waals surface area contributed by atoms with Gasteiger partial charge in [0.2, 0.25) is 0 Å². The Kier molecular flexibility index (Phi) is 6.21. The standard InChI is InChI=1S/C17H26N2O3/c1-14(2)22-12-11-18-7-9-19(10-8-18)17(20)15-5-4-6-16(13-15)21-3/h4-6,13-14H,7-12H2,1-3H3. The first-order chi connectivity index (χ1) is 10.6. The molecule has 1 aromatic rings. The van der Waals surface area contributed by atoms with Crippen LogP contribution in [-0.4, -0.2) is 68.3 Å². The third kappa shape index (κ3) is 4.71. The normalized spacial score (nSPS) is 16.1. The van der Waals surface area contributed by atoms with Crippen molar-refractivity contribution in [3.63, 3.8) is 0 Å². The van der Waals surface area contributed by atoms with Crippen LogP contribution in [0.5, 0.6) is 5.75 Å². The number of rotatable bonds is 6. The van der Waals surface area contributed by atoms with Crippen LogP contribution in [0.15, 0.2) is 24.3 Å². The van der Waals surface area contributed by atoms with Gasteiger partial charge >= 0.3 is 0 Å². The van der Waals surface area contributed by atoms with Crippen molar-refractivity contribution in [1.82, 2.24) is 9.80 Å². The zero-order valence-corrected chi connectivity index (χ0v) is 13.7. The molecule has 1 aliphatic heterocycles. The van der Waals surface area contributed by atoms with Gasteiger partial charge in [0.05, 0.1) is 19.8 Å². The lowest BCUT2D eigenvalue weighted by Crippen LogP contribution is -2.49. The van der Waals surface area contributed by atoms with Crippen molar-refractivity contribution in [2.45, 2.75) is 20.0 Å². The van der Waals surface area contributed by atoms with E-state index >= 15 is 0 Å². The number of carbonyl (C=O) groups is 1. The summed E-state index contributed by atoms with van der Waals surface area (Å²) in [6.45, 7) is 9.10. The number of carbonyl (C=O) groups excluding carboxylic acids is 1. The average Bonchev–Trinajstić information content (AvgIpc) is 2.54. The molecular weight excluding hydrogens is 280 g/mol. The van der Waals surface area contributed by atoms with Crippen molar-refractivity contribution in [3.05, 3.63) is 29.8 Å². The van der Waals surface area contributed by atoms with Gasteiger partial charge < -0.3 is 14.4 Å². The summed E-state index contributed by atoms with van der Waals surface area (Å²) in [6, 6.07) is 7.34. The van der Waals surface area contributed by atoms with Crippen molar-refractivity contribution in [1.29, 1.82) is 0 Å². The number of hydrogen-bond acceptors (Lipinski definition) is 4. The molecule has 2 rings (SSSR count). The average molecular weight is 306 g/mol. The maximum Gasteiger partial charge on any atom is 0.254 e. The first-order valence-electron chi connectivity index (χ1n) is 7.87. The number of amides is 1. The van der Waals surface area contributed by atoms with Crippen LogP contribution >= 0.6 is 0 Å². The van der Waals surface area contributed by atoms with Crippen molar-refractivity contribution >= 4 is 5.91 Å². The van der Waals surface area contributed by atoms with Crippen molar-refractivity contribution in [2.75, 3.05) is 46.4 Å². The molecule has 0 saturated carbocycles. The van der Waals surface area contributed by atoms with Crippen molar-refractivity contribution in [3.8, 4) is 5.75 Å². The number of hydrogen-bond donors (Lipinski definition) is 0. The highest BCUT2D eigenvalue weighted by Crippen LogP contribution is 2.15. The Labute approximate surface area is 132 Å². The molecule has 1 saturated heterocycles. The highest BCUT2D eigenvalue weighted by molar-refractivity contribution is 5.94. The SMILES string of the molecule is COc1cccc(C(=O)N2CCN(CCOC(C)C)CC2)c1. The van der Waals surface area contributed by atoms with E-state index in [1.54, 1.807) is 13.2 Å². The first-order valence-corrected chi connectivity index (χ1v) is 7.87. The highest BCUT2D eigenvalue weighted by Gasteiger charge is 2.22. The van der Waals surface area contributed by atoms with E-state index in [1.165, 1.54) is 0 Å². The summed E-state index contributed by atoms with van der Waals surface area (Å²) in [5, 5.41) is 0. The van der Waals surface area contributed by atoms with Crippen LogP contribution in [0.2, 0.25) is 0 Å². The summed E-state index contributed by atoms with van der Waals surface area (Å²) in [5.74, 6) is 0.798. The fourth-order valence-corrected chi connectivity index (χ4v) is 2.53. The lowest BCUT2D eigenvalue weighted by Gasteiger charge is -2.34. The summed E-state index contributed by atoms with van der Waals surface area (Å²) in [4.78, 5) is 16.8. The molecule has 0 radical (unpaired) electrons. The van der Waals surface area contributed by atoms with Crippen LogP contribution in [0.3, 0.4) is 0 Å². The summed E-state index contributed by atoms with van der Waals surface area (Å²) >= 11 is 0. The molecule has 0 aliphatic carbocycles. The Morgan fingerprint density at radius 1 is 1.23 bits per heavy atom. The minimum absolute atomic E-state index is 0.0805. The Hall–Kier alpha value is -1.59. The van der Waals surface area contributed by atoms with Gasteiger partial charge in [-0.05, 0) is 32.0 Å². The van der Waals surface area contributed by atoms with E-state index in [2.05, 4.69) is 4.90 Å². The van der Waals surface area contributed by atoms with Gasteiger partial charge in [-0.3, -0.25) is 9.69 Å². The largest absolute Gasteiger partial charge is 0.497 e. The maximum atomic E-state index is 12.5. The predicted molar refractivity (Wildman–Crippen MR) is 86.4 cm³/mol. The van der Waals surface area contributed by atoms with E-state index < -0.39 is 0 Å². The van der Waals surface area contributed by atoms with Gasteiger partial charge in [-0.15, -0.1) is 0 Å². The fourth-order valence-electron chi connectivity index (χ4n) is 2.53. The van der Waals surface area contributed by atoms with Crippen LogP contribution in [0, 0.1) is 0 Å². The number of nitrogens with zero attached hydrogens (tertiary/aromatic N) is 2. The molecule has 0 aromatic heterocycles. The molecule has 22 heavy (non-hydrogen) atoms. The predicted octanol–water partition coefficient (Wildman–Crippen LogP) is 1.88. The van der Waals surface area contributed by atoms with Gasteiger partial charge in [0.25, 0.3) is 5.91 Å². The van der Waals surface area contributed by atoms with Crippen LogP contribution in [0.25, 0.3) is 0 Å². The van der Waals surface area contributed by atoms with Crippen LogP contribution in [0.4, 0.5) is 0 Å². The van der Waals surface area contributed by atoms with E-state index in [-0.39, 0.29) is 12.0 Å². The second-order valence-corrected chi connectivity index (χ2v) is 5.79. The van der Waals surface area contributed by atoms with Crippen LogP contribution < -0.4 is 4.74 Å². The van der Waals surface area contributed by atoms with Gasteiger partial charge in [0.15, 0.2) is 0 Å². The molecule has 0 atom stereocenters. The summed E-state index contributed by atoms with van der Waals surface area (Å²) in [7, 11) is 1.61. The molecule has 1 amide bonds. The summed E-state index contributed by atoms with van der Waals surface area (Å²) in [5.41, 5.74) is 0.691. The molecule has 122 valence electrons. The molecule has 1 aromatic carbocycles. The van der Waals surface area contributed by atoms with Crippen molar-refractivity contribution in [2.24, 2.45) is 0 Å². The second-order valence-electron chi connectivity index (χ2n) is 5.79. The third-order valence-electron chi connectivity index (χ3n) is 3.83. The Morgan fingerprint density at radius 3 is 2.59 bits per heavy atom. The minimum atomic E-state index is 0.0805. The summed E-state index contributed by atoms with van der Waals surface area (Å²) in [6.07, 6.45) is 0.274. The lowest BCUT2D eigenvalue weighted by molar-refractivity contribution is 0.0407. The molecule has 5 heteroatoms. The summed E-state index contributed by atoms with van der Waals surface area (Å²) < 4.78 is 10.8. The van der Waals surface area contributed by atoms with Gasteiger partial charge in [0, 0.05) is 38.3 Å². The van der Waals surface area contributed by atoms with Gasteiger partial charge in [-0.2, -0.15) is 0 Å². The topological polar surface area (TPSA) is 42.0 Å². The Morgan fingerprint density at radius 2 is 1.95 bits per heavy atom. The Bertz CT molecular complexity index is 483. The number of benzene rings is 1. The molecule has 1 fully saturated rings. The van der Waals surface area contributed by atoms with Crippen LogP contribution in [0.1, 0.15) is 24.2 Å². The van der Waals surface area contributed by atoms with Gasteiger partial charge in [-0.1, -0.05) is 6.07 Å². The van der Waals surface area contributed by atoms with E-state index in [0.29, 0.717) is 5.56 Å². The monoisotopic (exact) mass is 306 g/mol. The fraction of sp³-hybridized carbons (Fsp3) is 0.588. The number of ether oxygens (including phenoxy) is 2. The maximum absolute atomic E-state index is 12.5. The Balaban J connectivity index is 1.82. The quantitative estimate of drug-likeness (QED) is 0.805. The zero-order valence-electron chi connectivity index (χ0n) is 13.7. The van der Waals surface area contributed by atoms with Gasteiger partial charge in [0.1, 0.15) is 5.75 Å². The third-order valence-corrected chi connectivity index (χ3v) is 3.83.